The van der Waals surface area contributed by atoms with Crippen LogP contribution in [0.3, 0.4) is 0 Å². The fraction of sp³-hybridized carbons (Fsp3) is 0.556. The average molecular weight is 258 g/mol. The standard InChI is InChI=1S/C9H14N4O5/c10-7-4(8(11)17)12-2-13(7)9-6(16)5(15)3(1-14)18-9/h2-3,5-6,9,14-16H,1,10H2,(H2,11,17)/t3-,5-,6+,9-/m1/s1. The summed E-state index contributed by atoms with van der Waals surface area (Å²) in [7, 11) is 0. The highest BCUT2D eigenvalue weighted by Gasteiger charge is 2.44. The highest BCUT2D eigenvalue weighted by Crippen LogP contribution is 2.31. The Labute approximate surface area is 102 Å². The molecule has 1 aliphatic heterocycles. The lowest BCUT2D eigenvalue weighted by Gasteiger charge is -2.17. The van der Waals surface area contributed by atoms with Crippen molar-refractivity contribution in [3.8, 4) is 0 Å². The molecule has 1 aromatic heterocycles. The summed E-state index contributed by atoms with van der Waals surface area (Å²) in [6.45, 7) is -0.452. The van der Waals surface area contributed by atoms with Crippen LogP contribution in [0.4, 0.5) is 5.82 Å². The molecule has 0 unspecified atom stereocenters. The first-order valence-corrected chi connectivity index (χ1v) is 5.22. The molecule has 0 radical (unpaired) electrons. The Bertz CT molecular complexity index is 462. The Kier molecular flexibility index (Phi) is 3.22. The Morgan fingerprint density at radius 2 is 2.17 bits per heavy atom. The molecule has 1 fully saturated rings. The van der Waals surface area contributed by atoms with Crippen LogP contribution in [0.25, 0.3) is 0 Å². The first kappa shape index (κ1) is 12.8. The summed E-state index contributed by atoms with van der Waals surface area (Å²) >= 11 is 0. The number of aliphatic hydroxyl groups excluding tert-OH is 3. The maximum atomic E-state index is 11.0. The van der Waals surface area contributed by atoms with E-state index in [4.69, 9.17) is 21.3 Å². The number of primary amides is 1. The van der Waals surface area contributed by atoms with Crippen molar-refractivity contribution in [2.24, 2.45) is 5.73 Å². The van der Waals surface area contributed by atoms with E-state index in [1.54, 1.807) is 0 Å². The molecule has 2 heterocycles. The van der Waals surface area contributed by atoms with Crippen molar-refractivity contribution in [1.82, 2.24) is 9.55 Å². The first-order chi connectivity index (χ1) is 8.47. The van der Waals surface area contributed by atoms with Gasteiger partial charge < -0.3 is 31.5 Å². The monoisotopic (exact) mass is 258 g/mol. The number of aromatic nitrogens is 2. The molecule has 0 saturated carbocycles. The molecular weight excluding hydrogens is 244 g/mol. The summed E-state index contributed by atoms with van der Waals surface area (Å²) < 4.78 is 6.42. The number of imidazole rings is 1. The van der Waals surface area contributed by atoms with E-state index in [0.717, 1.165) is 0 Å². The third-order valence-electron chi connectivity index (χ3n) is 2.86. The number of hydrogen-bond donors (Lipinski definition) is 5. The number of nitrogens with zero attached hydrogens (tertiary/aromatic N) is 2. The van der Waals surface area contributed by atoms with Gasteiger partial charge in [-0.1, -0.05) is 0 Å². The van der Waals surface area contributed by atoms with Gasteiger partial charge in [0.1, 0.15) is 24.1 Å². The predicted octanol–water partition coefficient (Wildman–Crippen LogP) is -2.82. The van der Waals surface area contributed by atoms with Crippen molar-refractivity contribution < 1.29 is 24.9 Å². The number of amides is 1. The number of hydrogen-bond acceptors (Lipinski definition) is 7. The molecule has 0 bridgehead atoms. The quantitative estimate of drug-likeness (QED) is 0.391. The second kappa shape index (κ2) is 4.53. The van der Waals surface area contributed by atoms with Gasteiger partial charge in [-0.25, -0.2) is 4.98 Å². The van der Waals surface area contributed by atoms with E-state index in [9.17, 15) is 15.0 Å². The summed E-state index contributed by atoms with van der Waals surface area (Å²) in [5.41, 5.74) is 10.6. The molecule has 18 heavy (non-hydrogen) atoms. The van der Waals surface area contributed by atoms with E-state index in [2.05, 4.69) is 4.98 Å². The molecule has 9 heteroatoms. The number of carbonyl (C=O) groups excluding carboxylic acids is 1. The van der Waals surface area contributed by atoms with Crippen LogP contribution in [0.5, 0.6) is 0 Å². The van der Waals surface area contributed by atoms with Crippen molar-refractivity contribution in [2.45, 2.75) is 24.5 Å². The highest BCUT2D eigenvalue weighted by molar-refractivity contribution is 5.95. The van der Waals surface area contributed by atoms with E-state index in [0.29, 0.717) is 0 Å². The molecule has 2 rings (SSSR count). The molecule has 100 valence electrons. The van der Waals surface area contributed by atoms with Gasteiger partial charge >= 0.3 is 0 Å². The summed E-state index contributed by atoms with van der Waals surface area (Å²) in [5.74, 6) is -0.879. The minimum absolute atomic E-state index is 0.0719. The molecule has 0 aromatic carbocycles. The van der Waals surface area contributed by atoms with Gasteiger partial charge in [0.15, 0.2) is 11.9 Å². The first-order valence-electron chi connectivity index (χ1n) is 5.22. The van der Waals surface area contributed by atoms with Crippen molar-refractivity contribution >= 4 is 11.7 Å². The molecule has 9 nitrogen and oxygen atoms in total. The van der Waals surface area contributed by atoms with Gasteiger partial charge in [0.25, 0.3) is 5.91 Å². The largest absolute Gasteiger partial charge is 0.394 e. The lowest BCUT2D eigenvalue weighted by Crippen LogP contribution is -2.33. The number of nitrogen functional groups attached to an aromatic ring is 1. The van der Waals surface area contributed by atoms with Gasteiger partial charge in [0.2, 0.25) is 0 Å². The Morgan fingerprint density at radius 1 is 1.50 bits per heavy atom. The topological polar surface area (TPSA) is 157 Å². The molecular formula is C9H14N4O5. The molecule has 4 atom stereocenters. The second-order valence-corrected chi connectivity index (χ2v) is 3.98. The van der Waals surface area contributed by atoms with E-state index in [1.165, 1.54) is 10.9 Å². The van der Waals surface area contributed by atoms with Crippen LogP contribution in [0.1, 0.15) is 16.7 Å². The normalized spacial score (nSPS) is 31.7. The third-order valence-corrected chi connectivity index (χ3v) is 2.86. The molecule has 1 aliphatic rings. The van der Waals surface area contributed by atoms with Crippen LogP contribution in [0, 0.1) is 0 Å². The van der Waals surface area contributed by atoms with Gasteiger partial charge in [-0.05, 0) is 0 Å². The minimum atomic E-state index is -1.29. The molecule has 7 N–H and O–H groups in total. The fourth-order valence-corrected chi connectivity index (χ4v) is 1.87. The van der Waals surface area contributed by atoms with Crippen LogP contribution in [-0.4, -0.2) is 55.7 Å². The number of nitrogens with two attached hydrogens (primary N) is 2. The summed E-state index contributed by atoms with van der Waals surface area (Å²) in [5, 5.41) is 28.3. The maximum absolute atomic E-state index is 11.0. The van der Waals surface area contributed by atoms with Crippen LogP contribution >= 0.6 is 0 Å². The number of aliphatic hydroxyl groups is 3. The number of ether oxygens (including phenoxy) is 1. The predicted molar refractivity (Wildman–Crippen MR) is 58.2 cm³/mol. The zero-order chi connectivity index (χ0) is 13.4. The van der Waals surface area contributed by atoms with Crippen LogP contribution in [0.2, 0.25) is 0 Å². The van der Waals surface area contributed by atoms with E-state index >= 15 is 0 Å². The minimum Gasteiger partial charge on any atom is -0.394 e. The number of anilines is 1. The van der Waals surface area contributed by atoms with Crippen LogP contribution in [0.15, 0.2) is 6.33 Å². The van der Waals surface area contributed by atoms with Gasteiger partial charge in [-0.15, -0.1) is 0 Å². The van der Waals surface area contributed by atoms with Crippen molar-refractivity contribution in [3.05, 3.63) is 12.0 Å². The molecule has 0 spiro atoms. The SMILES string of the molecule is NC(=O)c1ncn([C@@H]2O[C@H](CO)[C@@H](O)[C@@H]2O)c1N. The Morgan fingerprint density at radius 3 is 2.61 bits per heavy atom. The van der Waals surface area contributed by atoms with E-state index in [-0.39, 0.29) is 11.5 Å². The van der Waals surface area contributed by atoms with Gasteiger partial charge in [0.05, 0.1) is 12.9 Å². The maximum Gasteiger partial charge on any atom is 0.271 e. The van der Waals surface area contributed by atoms with Crippen molar-refractivity contribution in [3.63, 3.8) is 0 Å². The fourth-order valence-electron chi connectivity index (χ4n) is 1.87. The highest BCUT2D eigenvalue weighted by atomic mass is 16.6. The van der Waals surface area contributed by atoms with Gasteiger partial charge in [-0.2, -0.15) is 0 Å². The van der Waals surface area contributed by atoms with Crippen molar-refractivity contribution in [2.75, 3.05) is 12.3 Å². The average Bonchev–Trinajstić information content (AvgIpc) is 2.82. The van der Waals surface area contributed by atoms with Crippen molar-refractivity contribution in [1.29, 1.82) is 0 Å². The summed E-state index contributed by atoms with van der Waals surface area (Å²) in [6, 6.07) is 0. The summed E-state index contributed by atoms with van der Waals surface area (Å²) in [6.07, 6.45) is -3.32. The second-order valence-electron chi connectivity index (χ2n) is 3.98. The van der Waals surface area contributed by atoms with Gasteiger partial charge in [-0.3, -0.25) is 9.36 Å². The molecule has 1 saturated heterocycles. The molecule has 0 aliphatic carbocycles. The number of carbonyl (C=O) groups is 1. The van der Waals surface area contributed by atoms with E-state index in [1.807, 2.05) is 0 Å². The van der Waals surface area contributed by atoms with Crippen LogP contribution in [-0.2, 0) is 4.74 Å². The smallest absolute Gasteiger partial charge is 0.271 e. The lowest BCUT2D eigenvalue weighted by molar-refractivity contribution is -0.0518. The zero-order valence-corrected chi connectivity index (χ0v) is 9.30. The summed E-state index contributed by atoms with van der Waals surface area (Å²) in [4.78, 5) is 14.7. The lowest BCUT2D eigenvalue weighted by atomic mass is 10.1. The zero-order valence-electron chi connectivity index (χ0n) is 9.30. The number of rotatable bonds is 3. The Balaban J connectivity index is 2.30. The molecule has 1 amide bonds. The van der Waals surface area contributed by atoms with Gasteiger partial charge in [0, 0.05) is 0 Å². The van der Waals surface area contributed by atoms with E-state index < -0.39 is 37.1 Å². The third kappa shape index (κ3) is 1.82. The molecule has 1 aromatic rings. The Hall–Kier alpha value is -1.68. The van der Waals surface area contributed by atoms with Crippen LogP contribution < -0.4 is 11.5 Å².